The molecule has 0 amide bonds. The molecule has 3 aromatic rings. The Morgan fingerprint density at radius 2 is 1.68 bits per heavy atom. The summed E-state index contributed by atoms with van der Waals surface area (Å²) in [6, 6.07) is 6.61. The lowest BCUT2D eigenvalue weighted by atomic mass is 9.92. The van der Waals surface area contributed by atoms with Gasteiger partial charge in [-0.3, -0.25) is 4.57 Å². The molecule has 2 aromatic heterocycles. The first kappa shape index (κ1) is 22.5. The van der Waals surface area contributed by atoms with Crippen LogP contribution in [0.2, 0.25) is 0 Å². The van der Waals surface area contributed by atoms with Crippen LogP contribution in [-0.4, -0.2) is 31.6 Å². The minimum absolute atomic E-state index is 0.293. The van der Waals surface area contributed by atoms with E-state index < -0.39 is 0 Å². The zero-order valence-electron chi connectivity index (χ0n) is 19.6. The highest BCUT2D eigenvalue weighted by Crippen LogP contribution is 2.35. The lowest BCUT2D eigenvalue weighted by molar-refractivity contribution is 0.361. The number of anilines is 5. The average molecular weight is 465 g/mol. The maximum absolute atomic E-state index is 6.40. The largest absolute Gasteiger partial charge is 0.397 e. The summed E-state index contributed by atoms with van der Waals surface area (Å²) in [4.78, 5) is 14.3. The summed E-state index contributed by atoms with van der Waals surface area (Å²) in [5.41, 5.74) is 28.2. The molecule has 1 aromatic carbocycles. The summed E-state index contributed by atoms with van der Waals surface area (Å²) in [5.74, 6) is 1.70. The third-order valence-corrected chi connectivity index (χ3v) is 7.28. The van der Waals surface area contributed by atoms with Crippen molar-refractivity contribution in [2.24, 2.45) is 5.73 Å². The Labute approximate surface area is 199 Å². The maximum atomic E-state index is 6.40. The van der Waals surface area contributed by atoms with Crippen LogP contribution in [0.3, 0.4) is 0 Å². The molecule has 0 radical (unpaired) electrons. The Kier molecular flexibility index (Phi) is 6.32. The predicted octanol–water partition coefficient (Wildman–Crippen LogP) is 3.37. The molecule has 182 valence electrons. The Balaban J connectivity index is 1.48. The maximum Gasteiger partial charge on any atom is 0.226 e. The summed E-state index contributed by atoms with van der Waals surface area (Å²) in [7, 11) is 0. The molecule has 0 saturated heterocycles. The first-order chi connectivity index (χ1) is 16.5. The highest BCUT2D eigenvalue weighted by Gasteiger charge is 2.25. The second kappa shape index (κ2) is 9.54. The van der Waals surface area contributed by atoms with Crippen LogP contribution in [-0.2, 0) is 6.54 Å². The molecule has 10 N–H and O–H groups in total. The fourth-order valence-electron chi connectivity index (χ4n) is 5.28. The van der Waals surface area contributed by atoms with Crippen LogP contribution in [0.4, 0.5) is 29.1 Å². The number of imidazole rings is 1. The highest BCUT2D eigenvalue weighted by molar-refractivity contribution is 5.85. The van der Waals surface area contributed by atoms with E-state index in [1.54, 1.807) is 6.07 Å². The van der Waals surface area contributed by atoms with Crippen molar-refractivity contribution in [1.82, 2.24) is 19.5 Å². The molecule has 2 fully saturated rings. The van der Waals surface area contributed by atoms with Gasteiger partial charge >= 0.3 is 0 Å². The lowest BCUT2D eigenvalue weighted by Gasteiger charge is -2.27. The molecule has 10 nitrogen and oxygen atoms in total. The number of hydrogen-bond acceptors (Lipinski definition) is 9. The number of nitrogens with two attached hydrogens (primary N) is 4. The number of nitrogens with one attached hydrogen (secondary N) is 2. The molecular weight excluding hydrogens is 428 g/mol. The van der Waals surface area contributed by atoms with Gasteiger partial charge < -0.3 is 33.6 Å². The Morgan fingerprint density at radius 3 is 2.44 bits per heavy atom. The Bertz CT molecular complexity index is 1140. The number of hydrogen-bond donors (Lipinski definition) is 6. The van der Waals surface area contributed by atoms with Crippen LogP contribution >= 0.6 is 0 Å². The third kappa shape index (κ3) is 4.54. The molecule has 5 rings (SSSR count). The molecule has 0 spiro atoms. The van der Waals surface area contributed by atoms with Crippen LogP contribution in [0.1, 0.15) is 69.4 Å². The number of aromatic nitrogens is 4. The quantitative estimate of drug-likeness (QED) is 0.299. The van der Waals surface area contributed by atoms with Gasteiger partial charge in [-0.1, -0.05) is 31.4 Å². The first-order valence-corrected chi connectivity index (χ1v) is 12.4. The minimum Gasteiger partial charge on any atom is -0.397 e. The van der Waals surface area contributed by atoms with E-state index in [1.807, 2.05) is 12.1 Å². The Hall–Kier alpha value is -3.27. The second-order valence-corrected chi connectivity index (χ2v) is 9.73. The van der Waals surface area contributed by atoms with Crippen LogP contribution in [0, 0.1) is 0 Å². The summed E-state index contributed by atoms with van der Waals surface area (Å²) < 4.78 is 2.22. The standard InChI is InChI=1S/C24H36N10/c25-15-9-11-16(12-10-15)30-23-32-21(28)20-22(33-23)34(17-6-2-1-3-7-17)24(31-20)29-13-14-5-4-8-18(26)19(14)27/h4-5,8,15-17H,1-3,6-7,9-13,25-27H2,(H,29,31)(H3,28,30,32,33). The molecule has 2 heterocycles. The van der Waals surface area contributed by atoms with E-state index in [0.717, 1.165) is 55.7 Å². The van der Waals surface area contributed by atoms with Gasteiger partial charge in [0, 0.05) is 24.7 Å². The normalized spacial score (nSPS) is 21.6. The van der Waals surface area contributed by atoms with Crippen LogP contribution in [0.15, 0.2) is 18.2 Å². The van der Waals surface area contributed by atoms with E-state index in [0.29, 0.717) is 53.3 Å². The van der Waals surface area contributed by atoms with Crippen molar-refractivity contribution in [1.29, 1.82) is 0 Å². The van der Waals surface area contributed by atoms with Gasteiger partial charge in [0.1, 0.15) is 0 Å². The summed E-state index contributed by atoms with van der Waals surface area (Å²) >= 11 is 0. The third-order valence-electron chi connectivity index (χ3n) is 7.28. The summed E-state index contributed by atoms with van der Waals surface area (Å²) in [5, 5.41) is 6.97. The molecule has 10 heteroatoms. The van der Waals surface area contributed by atoms with Gasteiger partial charge in [0.05, 0.1) is 11.4 Å². The van der Waals surface area contributed by atoms with Gasteiger partial charge in [0.2, 0.25) is 11.9 Å². The fourth-order valence-corrected chi connectivity index (χ4v) is 5.28. The number of fused-ring (bicyclic) bond motifs is 1. The van der Waals surface area contributed by atoms with Crippen molar-refractivity contribution in [3.05, 3.63) is 23.8 Å². The number of para-hydroxylation sites is 1. The van der Waals surface area contributed by atoms with E-state index in [2.05, 4.69) is 20.2 Å². The average Bonchev–Trinajstić information content (AvgIpc) is 3.21. The van der Waals surface area contributed by atoms with E-state index in [4.69, 9.17) is 32.9 Å². The SMILES string of the molecule is Nc1cccc(CNc2nc3c(N)nc(NC4CCC(N)CC4)nc3n2C2CCCCC2)c1N. The minimum atomic E-state index is 0.293. The molecular formula is C24H36N10. The summed E-state index contributed by atoms with van der Waals surface area (Å²) in [6.45, 7) is 0.508. The van der Waals surface area contributed by atoms with Crippen molar-refractivity contribution in [2.75, 3.05) is 27.8 Å². The van der Waals surface area contributed by atoms with Gasteiger partial charge in [-0.25, -0.2) is 4.98 Å². The highest BCUT2D eigenvalue weighted by atomic mass is 15.3. The molecule has 34 heavy (non-hydrogen) atoms. The molecule has 0 unspecified atom stereocenters. The van der Waals surface area contributed by atoms with Gasteiger partial charge in [-0.15, -0.1) is 0 Å². The van der Waals surface area contributed by atoms with Crippen molar-refractivity contribution in [2.45, 2.75) is 82.5 Å². The van der Waals surface area contributed by atoms with Crippen LogP contribution in [0.25, 0.3) is 11.2 Å². The zero-order valence-corrected chi connectivity index (χ0v) is 19.6. The fraction of sp³-hybridized carbons (Fsp3) is 0.542. The summed E-state index contributed by atoms with van der Waals surface area (Å²) in [6.07, 6.45) is 9.88. The van der Waals surface area contributed by atoms with Gasteiger partial charge in [-0.05, 0) is 50.2 Å². The number of benzene rings is 1. The topological polar surface area (TPSA) is 172 Å². The zero-order chi connectivity index (χ0) is 23.7. The van der Waals surface area contributed by atoms with Crippen LogP contribution < -0.4 is 33.6 Å². The van der Waals surface area contributed by atoms with Gasteiger partial charge in [-0.2, -0.15) is 9.97 Å². The van der Waals surface area contributed by atoms with E-state index in [-0.39, 0.29) is 0 Å². The molecule has 2 aliphatic rings. The first-order valence-electron chi connectivity index (χ1n) is 12.4. The number of nitrogen functional groups attached to an aromatic ring is 3. The van der Waals surface area contributed by atoms with Crippen molar-refractivity contribution >= 4 is 40.3 Å². The van der Waals surface area contributed by atoms with E-state index in [1.165, 1.54) is 19.3 Å². The molecule has 0 bridgehead atoms. The van der Waals surface area contributed by atoms with E-state index >= 15 is 0 Å². The molecule has 2 saturated carbocycles. The molecule has 0 atom stereocenters. The lowest BCUT2D eigenvalue weighted by Crippen LogP contribution is -2.33. The molecule has 2 aliphatic carbocycles. The van der Waals surface area contributed by atoms with Crippen molar-refractivity contribution in [3.63, 3.8) is 0 Å². The predicted molar refractivity (Wildman–Crippen MR) is 138 cm³/mol. The number of nitrogens with zero attached hydrogens (tertiary/aromatic N) is 4. The second-order valence-electron chi connectivity index (χ2n) is 9.73. The van der Waals surface area contributed by atoms with Gasteiger partial charge in [0.15, 0.2) is 17.0 Å². The monoisotopic (exact) mass is 464 g/mol. The molecule has 0 aliphatic heterocycles. The van der Waals surface area contributed by atoms with Crippen LogP contribution in [0.5, 0.6) is 0 Å². The van der Waals surface area contributed by atoms with Gasteiger partial charge in [0.25, 0.3) is 0 Å². The smallest absolute Gasteiger partial charge is 0.226 e. The van der Waals surface area contributed by atoms with Crippen molar-refractivity contribution < 1.29 is 0 Å². The van der Waals surface area contributed by atoms with E-state index in [9.17, 15) is 0 Å². The van der Waals surface area contributed by atoms with Crippen molar-refractivity contribution in [3.8, 4) is 0 Å². The Morgan fingerprint density at radius 1 is 0.912 bits per heavy atom. The number of rotatable bonds is 6.